The van der Waals surface area contributed by atoms with Crippen LogP contribution in [0, 0.1) is 13.8 Å². The first-order valence-electron chi connectivity index (χ1n) is 6.00. The number of nitrogens with zero attached hydrogens (tertiary/aromatic N) is 2. The van der Waals surface area contributed by atoms with Crippen LogP contribution in [0.25, 0.3) is 11.1 Å². The molecule has 1 unspecified atom stereocenters. The molecule has 104 valence electrons. The number of nitrogen functional groups attached to an aromatic ring is 1. The van der Waals surface area contributed by atoms with Crippen molar-refractivity contribution in [3.63, 3.8) is 0 Å². The van der Waals surface area contributed by atoms with E-state index in [1.54, 1.807) is 29.5 Å². The van der Waals surface area contributed by atoms with Crippen molar-refractivity contribution >= 4 is 38.9 Å². The van der Waals surface area contributed by atoms with Gasteiger partial charge in [-0.25, -0.2) is 14.2 Å². The van der Waals surface area contributed by atoms with E-state index in [4.69, 9.17) is 10.2 Å². The first-order chi connectivity index (χ1) is 9.52. The van der Waals surface area contributed by atoms with Gasteiger partial charge in [0, 0.05) is 10.6 Å². The minimum atomic E-state index is -1.34. The molecule has 2 heterocycles. The Hall–Kier alpha value is -1.73. The summed E-state index contributed by atoms with van der Waals surface area (Å²) >= 11 is 1.55. The number of oxazole rings is 1. The van der Waals surface area contributed by atoms with E-state index in [0.717, 1.165) is 15.6 Å². The molecule has 5 nitrogen and oxygen atoms in total. The van der Waals surface area contributed by atoms with Crippen LogP contribution in [0.4, 0.5) is 5.69 Å². The second-order valence-corrected chi connectivity index (χ2v) is 7.06. The third-order valence-electron chi connectivity index (χ3n) is 2.91. The maximum absolute atomic E-state index is 12.3. The lowest BCUT2D eigenvalue weighted by atomic mass is 10.3. The Bertz CT molecular complexity index is 788. The monoisotopic (exact) mass is 307 g/mol. The Labute approximate surface area is 122 Å². The number of anilines is 1. The van der Waals surface area contributed by atoms with Gasteiger partial charge < -0.3 is 10.2 Å². The number of nitrogens with two attached hydrogens (primary N) is 1. The van der Waals surface area contributed by atoms with Crippen molar-refractivity contribution in [2.24, 2.45) is 0 Å². The molecule has 7 heteroatoms. The van der Waals surface area contributed by atoms with Gasteiger partial charge in [0.25, 0.3) is 5.22 Å². The van der Waals surface area contributed by atoms with Gasteiger partial charge in [0.2, 0.25) is 0 Å². The van der Waals surface area contributed by atoms with E-state index in [0.29, 0.717) is 22.5 Å². The first-order valence-corrected chi connectivity index (χ1v) is 8.14. The van der Waals surface area contributed by atoms with Crippen LogP contribution in [0.5, 0.6) is 0 Å². The van der Waals surface area contributed by atoms with Gasteiger partial charge in [-0.3, -0.25) is 0 Å². The summed E-state index contributed by atoms with van der Waals surface area (Å²) in [6.07, 6.45) is 0. The molecule has 0 fully saturated rings. The van der Waals surface area contributed by atoms with Crippen LogP contribution >= 0.6 is 11.3 Å². The molecule has 0 aliphatic rings. The summed E-state index contributed by atoms with van der Waals surface area (Å²) in [7, 11) is -1.34. The van der Waals surface area contributed by atoms with Crippen LogP contribution in [0.3, 0.4) is 0 Å². The zero-order valence-corrected chi connectivity index (χ0v) is 12.7. The highest BCUT2D eigenvalue weighted by Crippen LogP contribution is 2.23. The Kier molecular flexibility index (Phi) is 3.31. The molecule has 0 aliphatic carbocycles. The summed E-state index contributed by atoms with van der Waals surface area (Å²) in [4.78, 5) is 9.75. The maximum Gasteiger partial charge on any atom is 0.288 e. The number of rotatable bonds is 3. The predicted octanol–water partition coefficient (Wildman–Crippen LogP) is 2.79. The number of aromatic nitrogens is 2. The highest BCUT2D eigenvalue weighted by molar-refractivity contribution is 7.84. The fraction of sp³-hybridized carbons (Fsp3) is 0.231. The number of hydrogen-bond donors (Lipinski definition) is 1. The summed E-state index contributed by atoms with van der Waals surface area (Å²) in [5.74, 6) is 0.321. The largest absolute Gasteiger partial charge is 0.430 e. The lowest BCUT2D eigenvalue weighted by Crippen LogP contribution is -1.96. The Morgan fingerprint density at radius 3 is 2.85 bits per heavy atom. The second kappa shape index (κ2) is 4.99. The van der Waals surface area contributed by atoms with Crippen LogP contribution in [-0.2, 0) is 16.6 Å². The molecule has 1 atom stereocenters. The van der Waals surface area contributed by atoms with Crippen LogP contribution in [0.2, 0.25) is 0 Å². The molecule has 2 N–H and O–H groups in total. The minimum Gasteiger partial charge on any atom is -0.430 e. The van der Waals surface area contributed by atoms with E-state index in [-0.39, 0.29) is 5.22 Å². The molecule has 0 amide bonds. The molecule has 0 saturated carbocycles. The predicted molar refractivity (Wildman–Crippen MR) is 80.1 cm³/mol. The molecule has 0 saturated heterocycles. The van der Waals surface area contributed by atoms with Crippen molar-refractivity contribution in [1.29, 1.82) is 0 Å². The highest BCUT2D eigenvalue weighted by Gasteiger charge is 2.16. The zero-order valence-electron chi connectivity index (χ0n) is 11.0. The smallest absolute Gasteiger partial charge is 0.288 e. The van der Waals surface area contributed by atoms with Crippen molar-refractivity contribution in [3.05, 3.63) is 33.8 Å². The lowest BCUT2D eigenvalue weighted by Gasteiger charge is -1.92. The molecule has 3 aromatic rings. The molecule has 0 radical (unpaired) electrons. The topological polar surface area (TPSA) is 82.0 Å². The molecular weight excluding hydrogens is 294 g/mol. The first kappa shape index (κ1) is 13.3. The zero-order chi connectivity index (χ0) is 14.3. The number of benzene rings is 1. The van der Waals surface area contributed by atoms with Gasteiger partial charge >= 0.3 is 0 Å². The Morgan fingerprint density at radius 2 is 2.15 bits per heavy atom. The molecule has 0 bridgehead atoms. The standard InChI is InChI=1S/C13H13N3O2S2/c1-7-8(2)19-12(15-7)6-20(17)13-16-10-5-9(14)3-4-11(10)18-13/h3-5H,6,14H2,1-2H3. The molecule has 3 rings (SSSR count). The average molecular weight is 307 g/mol. The fourth-order valence-corrected chi connectivity index (χ4v) is 3.88. The van der Waals surface area contributed by atoms with Gasteiger partial charge in [0.05, 0.1) is 11.4 Å². The van der Waals surface area contributed by atoms with E-state index in [1.165, 1.54) is 0 Å². The van der Waals surface area contributed by atoms with Crippen molar-refractivity contribution < 1.29 is 8.63 Å². The van der Waals surface area contributed by atoms with E-state index in [2.05, 4.69) is 9.97 Å². The average Bonchev–Trinajstić information content (AvgIpc) is 2.93. The highest BCUT2D eigenvalue weighted by atomic mass is 32.2. The summed E-state index contributed by atoms with van der Waals surface area (Å²) in [6, 6.07) is 5.17. The van der Waals surface area contributed by atoms with Crippen molar-refractivity contribution in [3.8, 4) is 0 Å². The number of aryl methyl sites for hydroxylation is 2. The van der Waals surface area contributed by atoms with Crippen LogP contribution in [-0.4, -0.2) is 14.2 Å². The van der Waals surface area contributed by atoms with Gasteiger partial charge in [-0.15, -0.1) is 11.3 Å². The molecular formula is C13H13N3O2S2. The van der Waals surface area contributed by atoms with E-state index in [1.807, 2.05) is 13.8 Å². The quantitative estimate of drug-likeness (QED) is 0.752. The lowest BCUT2D eigenvalue weighted by molar-refractivity contribution is 0.477. The summed E-state index contributed by atoms with van der Waals surface area (Å²) < 4.78 is 17.8. The Morgan fingerprint density at radius 1 is 1.35 bits per heavy atom. The van der Waals surface area contributed by atoms with Gasteiger partial charge in [-0.2, -0.15) is 0 Å². The van der Waals surface area contributed by atoms with Gasteiger partial charge in [0.15, 0.2) is 5.58 Å². The normalized spacial score (nSPS) is 12.9. The Balaban J connectivity index is 1.88. The molecule has 0 aliphatic heterocycles. The third-order valence-corrected chi connectivity index (χ3v) is 5.27. The van der Waals surface area contributed by atoms with E-state index >= 15 is 0 Å². The molecule has 20 heavy (non-hydrogen) atoms. The summed E-state index contributed by atoms with van der Waals surface area (Å²) in [5.41, 5.74) is 8.49. The van der Waals surface area contributed by atoms with E-state index < -0.39 is 10.8 Å². The summed E-state index contributed by atoms with van der Waals surface area (Å²) in [6.45, 7) is 3.95. The van der Waals surface area contributed by atoms with Crippen molar-refractivity contribution in [1.82, 2.24) is 9.97 Å². The van der Waals surface area contributed by atoms with Crippen LogP contribution < -0.4 is 5.73 Å². The fourth-order valence-electron chi connectivity index (χ4n) is 1.80. The number of thiazole rings is 1. The second-order valence-electron chi connectivity index (χ2n) is 4.45. The number of fused-ring (bicyclic) bond motifs is 1. The molecule has 2 aromatic heterocycles. The maximum atomic E-state index is 12.3. The SMILES string of the molecule is Cc1nc(CS(=O)c2nc3cc(N)ccc3o2)sc1C. The van der Waals surface area contributed by atoms with E-state index in [9.17, 15) is 4.21 Å². The number of hydrogen-bond acceptors (Lipinski definition) is 6. The van der Waals surface area contributed by atoms with Gasteiger partial charge in [0.1, 0.15) is 21.3 Å². The molecule has 1 aromatic carbocycles. The minimum absolute atomic E-state index is 0.219. The van der Waals surface area contributed by atoms with Gasteiger partial charge in [-0.05, 0) is 32.0 Å². The summed E-state index contributed by atoms with van der Waals surface area (Å²) in [5, 5.41) is 1.05. The van der Waals surface area contributed by atoms with Gasteiger partial charge in [-0.1, -0.05) is 0 Å². The van der Waals surface area contributed by atoms with Crippen molar-refractivity contribution in [2.45, 2.75) is 24.8 Å². The van der Waals surface area contributed by atoms with Crippen molar-refractivity contribution in [2.75, 3.05) is 5.73 Å². The molecule has 0 spiro atoms. The van der Waals surface area contributed by atoms with Crippen LogP contribution in [0.1, 0.15) is 15.6 Å². The van der Waals surface area contributed by atoms with Crippen LogP contribution in [0.15, 0.2) is 27.8 Å². The third kappa shape index (κ3) is 2.46.